The molecule has 1 aliphatic heterocycles. The van der Waals surface area contributed by atoms with E-state index in [1.807, 2.05) is 32.0 Å². The number of carbonyl (C=O) groups is 4. The molecule has 1 atom stereocenters. The van der Waals surface area contributed by atoms with Gasteiger partial charge >= 0.3 is 12.0 Å². The van der Waals surface area contributed by atoms with Crippen molar-refractivity contribution in [3.8, 4) is 0 Å². The van der Waals surface area contributed by atoms with E-state index in [-0.39, 0.29) is 12.3 Å². The lowest BCUT2D eigenvalue weighted by Crippen LogP contribution is -2.42. The minimum Gasteiger partial charge on any atom is -0.456 e. The molecule has 1 aromatic carbocycles. The second-order valence-electron chi connectivity index (χ2n) is 6.44. The first-order valence-electron chi connectivity index (χ1n) is 8.65. The predicted molar refractivity (Wildman–Crippen MR) is 101 cm³/mol. The van der Waals surface area contributed by atoms with Gasteiger partial charge in [0, 0.05) is 11.4 Å². The van der Waals surface area contributed by atoms with Gasteiger partial charge in [0.15, 0.2) is 6.61 Å². The third-order valence-corrected chi connectivity index (χ3v) is 4.96. The van der Waals surface area contributed by atoms with Gasteiger partial charge in [0.1, 0.15) is 0 Å². The number of amides is 4. The molecular weight excluding hydrogens is 370 g/mol. The zero-order chi connectivity index (χ0) is 19.8. The molecule has 9 heteroatoms. The largest absolute Gasteiger partial charge is 0.456 e. The molecule has 8 nitrogen and oxygen atoms in total. The van der Waals surface area contributed by atoms with Crippen molar-refractivity contribution >= 4 is 41.3 Å². The highest BCUT2D eigenvalue weighted by molar-refractivity contribution is 8.01. The monoisotopic (exact) mass is 393 g/mol. The molecule has 3 N–H and O–H groups in total. The number of hydrogen-bond donors (Lipinski definition) is 3. The van der Waals surface area contributed by atoms with Crippen molar-refractivity contribution < 1.29 is 23.9 Å². The van der Waals surface area contributed by atoms with Gasteiger partial charge in [0.2, 0.25) is 5.91 Å². The fourth-order valence-corrected chi connectivity index (χ4v) is 3.36. The van der Waals surface area contributed by atoms with Gasteiger partial charge in [-0.25, -0.2) is 4.79 Å². The Morgan fingerprint density at radius 1 is 1.26 bits per heavy atom. The number of carbonyl (C=O) groups excluding carboxylic acids is 4. The normalized spacial score (nSPS) is 15.5. The number of imide groups is 1. The zero-order valence-corrected chi connectivity index (χ0v) is 16.1. The van der Waals surface area contributed by atoms with Crippen molar-refractivity contribution in [2.24, 2.45) is 5.92 Å². The van der Waals surface area contributed by atoms with Crippen molar-refractivity contribution in [2.75, 3.05) is 18.5 Å². The fraction of sp³-hybridized carbons (Fsp3) is 0.444. The molecular formula is C18H23N3O5S. The third kappa shape index (κ3) is 6.93. The number of anilines is 1. The molecule has 4 amide bonds. The molecule has 0 radical (unpaired) electrons. The van der Waals surface area contributed by atoms with Crippen molar-refractivity contribution in [3.05, 3.63) is 24.3 Å². The lowest BCUT2D eigenvalue weighted by molar-refractivity contribution is -0.148. The Morgan fingerprint density at radius 3 is 2.74 bits per heavy atom. The number of ether oxygens (including phenoxy) is 1. The molecule has 0 aliphatic carbocycles. The molecule has 2 rings (SSSR count). The molecule has 0 saturated heterocycles. The summed E-state index contributed by atoms with van der Waals surface area (Å²) in [5.41, 5.74) is 0.708. The summed E-state index contributed by atoms with van der Waals surface area (Å²) in [6.45, 7) is 3.92. The summed E-state index contributed by atoms with van der Waals surface area (Å²) in [7, 11) is 0. The summed E-state index contributed by atoms with van der Waals surface area (Å²) in [4.78, 5) is 48.0. The van der Waals surface area contributed by atoms with Gasteiger partial charge in [0.25, 0.3) is 5.91 Å². The van der Waals surface area contributed by atoms with Gasteiger partial charge in [-0.1, -0.05) is 26.0 Å². The standard InChI is InChI=1S/C18H23N3O5S/c1-11(2)7-8-19-18(25)21-15(22)10-26-16(23)9-14-17(24)20-12-5-3-4-6-13(12)27-14/h3-6,11,14H,7-10H2,1-2H3,(H,20,24)(H2,19,21,22,25)/t14-/m1/s1. The Balaban J connectivity index is 1.71. The summed E-state index contributed by atoms with van der Waals surface area (Å²) < 4.78 is 4.86. The number of nitrogens with one attached hydrogen (secondary N) is 3. The van der Waals surface area contributed by atoms with Crippen LogP contribution in [0.5, 0.6) is 0 Å². The summed E-state index contributed by atoms with van der Waals surface area (Å²) in [5.74, 6) is -1.26. The van der Waals surface area contributed by atoms with Gasteiger partial charge in [-0.2, -0.15) is 0 Å². The maximum Gasteiger partial charge on any atom is 0.321 e. The Morgan fingerprint density at radius 2 is 2.00 bits per heavy atom. The highest BCUT2D eigenvalue weighted by Crippen LogP contribution is 2.36. The van der Waals surface area contributed by atoms with E-state index < -0.39 is 29.8 Å². The molecule has 146 valence electrons. The summed E-state index contributed by atoms with van der Waals surface area (Å²) >= 11 is 1.27. The number of esters is 1. The minimum atomic E-state index is -0.725. The van der Waals surface area contributed by atoms with Gasteiger partial charge in [-0.05, 0) is 24.5 Å². The molecule has 0 aromatic heterocycles. The fourth-order valence-electron chi connectivity index (χ4n) is 2.26. The molecule has 0 saturated carbocycles. The number of urea groups is 1. The summed E-state index contributed by atoms with van der Waals surface area (Å²) in [5, 5.41) is 6.73. The van der Waals surface area contributed by atoms with Crippen LogP contribution >= 0.6 is 11.8 Å². The molecule has 1 heterocycles. The van der Waals surface area contributed by atoms with Crippen LogP contribution in [-0.4, -0.2) is 42.2 Å². The maximum atomic E-state index is 12.1. The first kappa shape index (κ1) is 20.8. The first-order chi connectivity index (χ1) is 12.8. The number of rotatable bonds is 7. The predicted octanol–water partition coefficient (Wildman–Crippen LogP) is 1.90. The van der Waals surface area contributed by atoms with E-state index in [0.717, 1.165) is 11.3 Å². The third-order valence-electron chi connectivity index (χ3n) is 3.68. The smallest absolute Gasteiger partial charge is 0.321 e. The Labute approximate surface area is 161 Å². The lowest BCUT2D eigenvalue weighted by Gasteiger charge is -2.23. The van der Waals surface area contributed by atoms with Crippen molar-refractivity contribution in [1.82, 2.24) is 10.6 Å². The quantitative estimate of drug-likeness (QED) is 0.610. The van der Waals surface area contributed by atoms with E-state index in [0.29, 0.717) is 18.2 Å². The van der Waals surface area contributed by atoms with E-state index in [9.17, 15) is 19.2 Å². The maximum absolute atomic E-state index is 12.1. The lowest BCUT2D eigenvalue weighted by atomic mass is 10.1. The van der Waals surface area contributed by atoms with Crippen molar-refractivity contribution in [1.29, 1.82) is 0 Å². The van der Waals surface area contributed by atoms with Gasteiger partial charge in [0.05, 0.1) is 17.4 Å². The second-order valence-corrected chi connectivity index (χ2v) is 7.69. The van der Waals surface area contributed by atoms with Crippen LogP contribution in [0, 0.1) is 5.92 Å². The molecule has 27 heavy (non-hydrogen) atoms. The number of para-hydroxylation sites is 1. The van der Waals surface area contributed by atoms with Gasteiger partial charge in [-0.15, -0.1) is 11.8 Å². The van der Waals surface area contributed by atoms with E-state index in [1.54, 1.807) is 6.07 Å². The van der Waals surface area contributed by atoms with E-state index in [1.165, 1.54) is 11.8 Å². The van der Waals surface area contributed by atoms with Gasteiger partial charge in [-0.3, -0.25) is 19.7 Å². The van der Waals surface area contributed by atoms with E-state index in [2.05, 4.69) is 16.0 Å². The first-order valence-corrected chi connectivity index (χ1v) is 9.53. The SMILES string of the molecule is CC(C)CCNC(=O)NC(=O)COC(=O)C[C@H]1Sc2ccccc2NC1=O. The van der Waals surface area contributed by atoms with Crippen LogP contribution in [0.2, 0.25) is 0 Å². The number of thioether (sulfide) groups is 1. The summed E-state index contributed by atoms with van der Waals surface area (Å²) in [6.07, 6.45) is 0.625. The van der Waals surface area contributed by atoms with Crippen molar-refractivity contribution in [3.63, 3.8) is 0 Å². The van der Waals surface area contributed by atoms with Crippen LogP contribution in [-0.2, 0) is 19.1 Å². The van der Waals surface area contributed by atoms with Gasteiger partial charge < -0.3 is 15.4 Å². The average molecular weight is 393 g/mol. The highest BCUT2D eigenvalue weighted by Gasteiger charge is 2.29. The summed E-state index contributed by atoms with van der Waals surface area (Å²) in [6, 6.07) is 6.66. The molecule has 0 bridgehead atoms. The second kappa shape index (κ2) is 9.96. The average Bonchev–Trinajstić information content (AvgIpc) is 2.60. The van der Waals surface area contributed by atoms with Crippen LogP contribution in [0.3, 0.4) is 0 Å². The zero-order valence-electron chi connectivity index (χ0n) is 15.2. The number of benzene rings is 1. The van der Waals surface area contributed by atoms with Crippen LogP contribution in [0.4, 0.5) is 10.5 Å². The highest BCUT2D eigenvalue weighted by atomic mass is 32.2. The van der Waals surface area contributed by atoms with Crippen LogP contribution in [0.1, 0.15) is 26.7 Å². The Bertz CT molecular complexity index is 723. The molecule has 1 aliphatic rings. The molecule has 0 fully saturated rings. The Kier molecular flexibility index (Phi) is 7.66. The number of hydrogen-bond acceptors (Lipinski definition) is 6. The number of fused-ring (bicyclic) bond motifs is 1. The molecule has 0 spiro atoms. The molecule has 1 aromatic rings. The molecule has 0 unspecified atom stereocenters. The topological polar surface area (TPSA) is 114 Å². The minimum absolute atomic E-state index is 0.168. The van der Waals surface area contributed by atoms with E-state index in [4.69, 9.17) is 4.74 Å². The van der Waals surface area contributed by atoms with Crippen LogP contribution < -0.4 is 16.0 Å². The van der Waals surface area contributed by atoms with E-state index >= 15 is 0 Å². The van der Waals surface area contributed by atoms with Crippen molar-refractivity contribution in [2.45, 2.75) is 36.8 Å². The Hall–Kier alpha value is -2.55. The van der Waals surface area contributed by atoms with Crippen LogP contribution in [0.25, 0.3) is 0 Å². The van der Waals surface area contributed by atoms with Crippen LogP contribution in [0.15, 0.2) is 29.2 Å².